The first-order valence-corrected chi connectivity index (χ1v) is 8.81. The number of imidazole rings is 1. The summed E-state index contributed by atoms with van der Waals surface area (Å²) in [6.07, 6.45) is 3.36. The van der Waals surface area contributed by atoms with Crippen LogP contribution in [0.2, 0.25) is 0 Å². The lowest BCUT2D eigenvalue weighted by atomic mass is 10.1. The number of carbonyl (C=O) groups excluding carboxylic acids is 1. The van der Waals surface area contributed by atoms with Gasteiger partial charge in [-0.3, -0.25) is 4.79 Å². The summed E-state index contributed by atoms with van der Waals surface area (Å²) in [5, 5.41) is 7.38. The molecule has 2 N–H and O–H groups in total. The molecule has 0 fully saturated rings. The SMILES string of the molecule is COc1ccc(-n2nc(C(=O)NCc3ncc[nH]3)cc2-c2ccccc2)cc1. The van der Waals surface area contributed by atoms with E-state index in [1.54, 1.807) is 30.3 Å². The molecule has 0 aliphatic rings. The summed E-state index contributed by atoms with van der Waals surface area (Å²) >= 11 is 0. The van der Waals surface area contributed by atoms with Crippen LogP contribution in [0.1, 0.15) is 16.3 Å². The van der Waals surface area contributed by atoms with Crippen molar-refractivity contribution in [3.8, 4) is 22.7 Å². The first-order chi connectivity index (χ1) is 13.7. The summed E-state index contributed by atoms with van der Waals surface area (Å²) < 4.78 is 6.99. The Balaban J connectivity index is 1.68. The molecule has 0 aliphatic heterocycles. The van der Waals surface area contributed by atoms with E-state index in [2.05, 4.69) is 20.4 Å². The molecule has 28 heavy (non-hydrogen) atoms. The average Bonchev–Trinajstić information content (AvgIpc) is 3.43. The van der Waals surface area contributed by atoms with Gasteiger partial charge in [0.2, 0.25) is 0 Å². The van der Waals surface area contributed by atoms with E-state index in [0.717, 1.165) is 22.7 Å². The zero-order valence-electron chi connectivity index (χ0n) is 15.3. The lowest BCUT2D eigenvalue weighted by Gasteiger charge is -2.08. The number of amides is 1. The molecule has 4 rings (SSSR count). The van der Waals surface area contributed by atoms with E-state index in [-0.39, 0.29) is 5.91 Å². The van der Waals surface area contributed by atoms with Gasteiger partial charge in [0.15, 0.2) is 5.69 Å². The molecule has 7 nitrogen and oxygen atoms in total. The molecule has 0 saturated carbocycles. The number of ether oxygens (including phenoxy) is 1. The topological polar surface area (TPSA) is 84.8 Å². The molecule has 1 amide bonds. The van der Waals surface area contributed by atoms with Crippen molar-refractivity contribution in [3.05, 3.63) is 84.6 Å². The van der Waals surface area contributed by atoms with E-state index in [4.69, 9.17) is 4.74 Å². The number of aromatic amines is 1. The summed E-state index contributed by atoms with van der Waals surface area (Å²) in [6.45, 7) is 0.307. The molecule has 0 saturated heterocycles. The highest BCUT2D eigenvalue weighted by atomic mass is 16.5. The van der Waals surface area contributed by atoms with Crippen LogP contribution in [-0.4, -0.2) is 32.8 Å². The minimum atomic E-state index is -0.263. The molecule has 4 aromatic rings. The van der Waals surface area contributed by atoms with Crippen LogP contribution in [0.5, 0.6) is 5.75 Å². The van der Waals surface area contributed by atoms with Gasteiger partial charge in [0, 0.05) is 18.0 Å². The number of hydrogen-bond acceptors (Lipinski definition) is 4. The zero-order chi connectivity index (χ0) is 19.3. The molecule has 0 unspecified atom stereocenters. The van der Waals surface area contributed by atoms with Crippen LogP contribution in [0.25, 0.3) is 16.9 Å². The van der Waals surface area contributed by atoms with Gasteiger partial charge >= 0.3 is 0 Å². The Morgan fingerprint density at radius 2 is 1.93 bits per heavy atom. The van der Waals surface area contributed by atoms with E-state index in [1.165, 1.54) is 0 Å². The quantitative estimate of drug-likeness (QED) is 0.544. The Labute approximate surface area is 162 Å². The maximum Gasteiger partial charge on any atom is 0.272 e. The Bertz CT molecular complexity index is 1050. The maximum atomic E-state index is 12.6. The minimum Gasteiger partial charge on any atom is -0.497 e. The van der Waals surface area contributed by atoms with Crippen molar-refractivity contribution in [3.63, 3.8) is 0 Å². The van der Waals surface area contributed by atoms with E-state index in [0.29, 0.717) is 18.1 Å². The summed E-state index contributed by atoms with van der Waals surface area (Å²) in [7, 11) is 1.62. The Morgan fingerprint density at radius 3 is 2.61 bits per heavy atom. The number of methoxy groups -OCH3 is 1. The van der Waals surface area contributed by atoms with Crippen molar-refractivity contribution in [2.24, 2.45) is 0 Å². The highest BCUT2D eigenvalue weighted by Gasteiger charge is 2.17. The number of carbonyl (C=O) groups is 1. The Hall–Kier alpha value is -3.87. The van der Waals surface area contributed by atoms with Crippen molar-refractivity contribution >= 4 is 5.91 Å². The molecule has 2 aromatic carbocycles. The van der Waals surface area contributed by atoms with Gasteiger partial charge in [-0.2, -0.15) is 5.10 Å². The highest BCUT2D eigenvalue weighted by Crippen LogP contribution is 2.25. The monoisotopic (exact) mass is 373 g/mol. The van der Waals surface area contributed by atoms with Gasteiger partial charge in [-0.25, -0.2) is 9.67 Å². The molecular formula is C21H19N5O2. The van der Waals surface area contributed by atoms with E-state index < -0.39 is 0 Å². The third-order valence-corrected chi connectivity index (χ3v) is 4.30. The highest BCUT2D eigenvalue weighted by molar-refractivity contribution is 5.93. The van der Waals surface area contributed by atoms with Crippen LogP contribution in [-0.2, 0) is 6.54 Å². The Kier molecular flexibility index (Phi) is 4.88. The van der Waals surface area contributed by atoms with Gasteiger partial charge in [0.25, 0.3) is 5.91 Å². The molecule has 140 valence electrons. The van der Waals surface area contributed by atoms with Crippen LogP contribution in [0.15, 0.2) is 73.1 Å². The van der Waals surface area contributed by atoms with E-state index >= 15 is 0 Å². The average molecular weight is 373 g/mol. The lowest BCUT2D eigenvalue weighted by molar-refractivity contribution is 0.0944. The molecule has 2 heterocycles. The molecule has 0 atom stereocenters. The largest absolute Gasteiger partial charge is 0.497 e. The fourth-order valence-electron chi connectivity index (χ4n) is 2.88. The predicted molar refractivity (Wildman–Crippen MR) is 105 cm³/mol. The van der Waals surface area contributed by atoms with Gasteiger partial charge in [0.1, 0.15) is 11.6 Å². The number of nitrogens with zero attached hydrogens (tertiary/aromatic N) is 3. The fourth-order valence-corrected chi connectivity index (χ4v) is 2.88. The number of benzene rings is 2. The van der Waals surface area contributed by atoms with Crippen molar-refractivity contribution in [1.82, 2.24) is 25.1 Å². The number of rotatable bonds is 6. The normalized spacial score (nSPS) is 10.6. The van der Waals surface area contributed by atoms with E-state index in [9.17, 15) is 4.79 Å². The smallest absolute Gasteiger partial charge is 0.272 e. The van der Waals surface area contributed by atoms with Gasteiger partial charge < -0.3 is 15.0 Å². The maximum absolute atomic E-state index is 12.6. The second-order valence-electron chi connectivity index (χ2n) is 6.11. The van der Waals surface area contributed by atoms with Crippen LogP contribution < -0.4 is 10.1 Å². The standard InChI is InChI=1S/C21H19N5O2/c1-28-17-9-7-16(8-10-17)26-19(15-5-3-2-4-6-15)13-18(25-26)21(27)24-14-20-22-11-12-23-20/h2-13H,14H2,1H3,(H,22,23)(H,24,27). The van der Waals surface area contributed by atoms with Gasteiger partial charge in [-0.15, -0.1) is 0 Å². The number of hydrogen-bond donors (Lipinski definition) is 2. The van der Waals surface area contributed by atoms with Crippen LogP contribution >= 0.6 is 0 Å². The van der Waals surface area contributed by atoms with Gasteiger partial charge in [-0.05, 0) is 30.3 Å². The number of nitrogens with one attached hydrogen (secondary N) is 2. The lowest BCUT2D eigenvalue weighted by Crippen LogP contribution is -2.24. The molecule has 0 bridgehead atoms. The van der Waals surface area contributed by atoms with Crippen molar-refractivity contribution in [1.29, 1.82) is 0 Å². The second kappa shape index (κ2) is 7.79. The van der Waals surface area contributed by atoms with Crippen molar-refractivity contribution in [2.75, 3.05) is 7.11 Å². The van der Waals surface area contributed by atoms with Crippen LogP contribution in [0, 0.1) is 0 Å². The number of aromatic nitrogens is 4. The van der Waals surface area contributed by atoms with Crippen LogP contribution in [0.4, 0.5) is 0 Å². The molecule has 7 heteroatoms. The molecule has 0 radical (unpaired) electrons. The zero-order valence-corrected chi connectivity index (χ0v) is 15.3. The number of H-pyrrole nitrogens is 1. The fraction of sp³-hybridized carbons (Fsp3) is 0.0952. The molecule has 0 spiro atoms. The Morgan fingerprint density at radius 1 is 1.14 bits per heavy atom. The third-order valence-electron chi connectivity index (χ3n) is 4.30. The van der Waals surface area contributed by atoms with Gasteiger partial charge in [0.05, 0.1) is 25.0 Å². The first-order valence-electron chi connectivity index (χ1n) is 8.81. The third kappa shape index (κ3) is 3.64. The second-order valence-corrected chi connectivity index (χ2v) is 6.11. The molecule has 2 aromatic heterocycles. The summed E-state index contributed by atoms with van der Waals surface area (Å²) in [5.74, 6) is 1.18. The summed E-state index contributed by atoms with van der Waals surface area (Å²) in [5.41, 5.74) is 2.97. The molecule has 0 aliphatic carbocycles. The van der Waals surface area contributed by atoms with E-state index in [1.807, 2.05) is 54.6 Å². The predicted octanol–water partition coefficient (Wildman–Crippen LogP) is 3.20. The minimum absolute atomic E-state index is 0.263. The summed E-state index contributed by atoms with van der Waals surface area (Å²) in [6, 6.07) is 19.2. The first kappa shape index (κ1) is 17.5. The van der Waals surface area contributed by atoms with Crippen LogP contribution in [0.3, 0.4) is 0 Å². The van der Waals surface area contributed by atoms with Crippen molar-refractivity contribution in [2.45, 2.75) is 6.54 Å². The van der Waals surface area contributed by atoms with Gasteiger partial charge in [-0.1, -0.05) is 30.3 Å². The molecular weight excluding hydrogens is 354 g/mol. The van der Waals surface area contributed by atoms with Crippen molar-refractivity contribution < 1.29 is 9.53 Å². The summed E-state index contributed by atoms with van der Waals surface area (Å²) in [4.78, 5) is 19.7.